The number of hydrogen-bond donors (Lipinski definition) is 0. The highest BCUT2D eigenvalue weighted by Gasteiger charge is 2.71. The van der Waals surface area contributed by atoms with Crippen molar-refractivity contribution >= 4 is 57.3 Å². The Morgan fingerprint density at radius 2 is 1.20 bits per heavy atom. The second kappa shape index (κ2) is 15.3. The summed E-state index contributed by atoms with van der Waals surface area (Å²) in [6.45, 7) is 1.24. The molecule has 2 aromatic heterocycles. The van der Waals surface area contributed by atoms with Crippen molar-refractivity contribution in [1.29, 1.82) is 0 Å². The minimum absolute atomic E-state index is 0.150. The fourth-order valence-electron chi connectivity index (χ4n) is 7.87. The SMILES string of the molecule is COc1ccc2cccnc2c1C1(C2(c3c(OC)ccc4nc(C)oc34)SCC(=O)N2Cc2ccc(OC(F)(F)F)cc2)SCC(=O)N1Cc1ccc(OC(F)(F)F)cc1. The van der Waals surface area contributed by atoms with E-state index in [0.29, 0.717) is 38.7 Å². The maximum Gasteiger partial charge on any atom is 0.573 e. The number of oxazole rings is 1. The number of hydrogen-bond acceptors (Lipinski definition) is 11. The molecule has 0 N–H and O–H groups in total. The van der Waals surface area contributed by atoms with Crippen molar-refractivity contribution in [1.82, 2.24) is 19.8 Å². The number of benzene rings is 4. The van der Waals surface area contributed by atoms with Gasteiger partial charge in [-0.1, -0.05) is 30.3 Å². The fourth-order valence-corrected chi connectivity index (χ4v) is 11.3. The molecule has 2 atom stereocenters. The molecule has 2 amide bonds. The zero-order chi connectivity index (χ0) is 42.6. The van der Waals surface area contributed by atoms with E-state index >= 15 is 0 Å². The Bertz CT molecular complexity index is 2610. The minimum atomic E-state index is -4.94. The number of methoxy groups -OCH3 is 2. The van der Waals surface area contributed by atoms with E-state index in [0.717, 1.165) is 24.3 Å². The molecule has 2 fully saturated rings. The molecule has 0 radical (unpaired) electrons. The molecular weight excluding hydrogens is 839 g/mol. The van der Waals surface area contributed by atoms with Crippen LogP contribution in [0.5, 0.6) is 23.0 Å². The summed E-state index contributed by atoms with van der Waals surface area (Å²) in [5.41, 5.74) is 2.55. The average molecular weight is 871 g/mol. The zero-order valence-corrected chi connectivity index (χ0v) is 33.4. The molecule has 60 heavy (non-hydrogen) atoms. The first-order valence-corrected chi connectivity index (χ1v) is 20.0. The lowest BCUT2D eigenvalue weighted by molar-refractivity contribution is -0.275. The molecule has 0 bridgehead atoms. The third kappa shape index (κ3) is 7.16. The van der Waals surface area contributed by atoms with Gasteiger partial charge in [0, 0.05) is 31.6 Å². The highest BCUT2D eigenvalue weighted by atomic mass is 32.2. The summed E-state index contributed by atoms with van der Waals surface area (Å²) >= 11 is 2.37. The van der Waals surface area contributed by atoms with Crippen LogP contribution < -0.4 is 18.9 Å². The van der Waals surface area contributed by atoms with Gasteiger partial charge in [-0.3, -0.25) is 14.6 Å². The predicted octanol–water partition coefficient (Wildman–Crippen LogP) is 9.06. The van der Waals surface area contributed by atoms with Gasteiger partial charge in [-0.15, -0.1) is 49.9 Å². The molecule has 8 rings (SSSR count). The molecule has 4 heterocycles. The van der Waals surface area contributed by atoms with Crippen LogP contribution in [0, 0.1) is 6.92 Å². The monoisotopic (exact) mass is 870 g/mol. The van der Waals surface area contributed by atoms with E-state index in [1.807, 2.05) is 6.07 Å². The average Bonchev–Trinajstić information content (AvgIpc) is 3.86. The van der Waals surface area contributed by atoms with Crippen molar-refractivity contribution in [2.24, 2.45) is 0 Å². The van der Waals surface area contributed by atoms with Crippen LogP contribution in [0.4, 0.5) is 26.3 Å². The summed E-state index contributed by atoms with van der Waals surface area (Å²) < 4.78 is 106. The number of carbonyl (C=O) groups is 2. The Morgan fingerprint density at radius 1 is 0.700 bits per heavy atom. The van der Waals surface area contributed by atoms with Crippen LogP contribution in [-0.2, 0) is 32.4 Å². The number of rotatable bonds is 11. The van der Waals surface area contributed by atoms with Crippen molar-refractivity contribution in [3.63, 3.8) is 0 Å². The summed E-state index contributed by atoms with van der Waals surface area (Å²) in [7, 11) is 2.89. The highest BCUT2D eigenvalue weighted by molar-refractivity contribution is 8.05. The molecule has 2 aliphatic rings. The van der Waals surface area contributed by atoms with Gasteiger partial charge in [-0.25, -0.2) is 4.98 Å². The summed E-state index contributed by atoms with van der Waals surface area (Å²) in [6, 6.07) is 20.6. The Balaban J connectivity index is 1.45. The van der Waals surface area contributed by atoms with E-state index < -0.39 is 45.8 Å². The third-order valence-electron chi connectivity index (χ3n) is 10.1. The number of alkyl halides is 6. The van der Waals surface area contributed by atoms with Crippen LogP contribution in [0.15, 0.2) is 95.5 Å². The highest BCUT2D eigenvalue weighted by Crippen LogP contribution is 2.70. The molecule has 2 saturated heterocycles. The molecule has 2 aliphatic heterocycles. The van der Waals surface area contributed by atoms with E-state index in [9.17, 15) is 35.9 Å². The standard InChI is InChI=1S/C41H32F6N4O7S2/c1-23-49-29-15-17-31(55-3)35(37(29)56-23)39(51(33(53)22-60-39)20-25-8-13-28(14-9-25)58-41(45,46)47)38(34-30(54-2)16-10-26-5-4-18-48-36(26)34)50(32(52)21-59-38)19-24-6-11-27(12-7-24)57-40(42,43)44/h4-18H,19-22H2,1-3H3. The summed E-state index contributed by atoms with van der Waals surface area (Å²) in [5.74, 6) is -1.25. The van der Waals surface area contributed by atoms with E-state index in [4.69, 9.17) is 18.9 Å². The number of halogens is 6. The Labute approximate surface area is 345 Å². The van der Waals surface area contributed by atoms with E-state index in [1.54, 1.807) is 53.3 Å². The molecule has 19 heteroatoms. The second-order valence-corrected chi connectivity index (χ2v) is 16.0. The summed E-state index contributed by atoms with van der Waals surface area (Å²) in [6.07, 6.45) is -8.31. The van der Waals surface area contributed by atoms with Gasteiger partial charge in [0.15, 0.2) is 21.2 Å². The molecule has 2 unspecified atom stereocenters. The lowest BCUT2D eigenvalue weighted by Gasteiger charge is -2.54. The predicted molar refractivity (Wildman–Crippen MR) is 209 cm³/mol. The first-order valence-electron chi connectivity index (χ1n) is 18.0. The molecule has 11 nitrogen and oxygen atoms in total. The van der Waals surface area contributed by atoms with Crippen molar-refractivity contribution in [3.8, 4) is 23.0 Å². The van der Waals surface area contributed by atoms with Gasteiger partial charge in [-0.2, -0.15) is 0 Å². The number of nitrogens with zero attached hydrogens (tertiary/aromatic N) is 4. The Hall–Kier alpha value is -5.82. The van der Waals surface area contributed by atoms with Gasteiger partial charge >= 0.3 is 12.7 Å². The van der Waals surface area contributed by atoms with Crippen LogP contribution in [0.25, 0.3) is 22.0 Å². The first kappa shape index (κ1) is 40.9. The molecule has 0 aliphatic carbocycles. The molecule has 0 spiro atoms. The lowest BCUT2D eigenvalue weighted by atomic mass is 9.85. The zero-order valence-electron chi connectivity index (χ0n) is 31.7. The number of carbonyl (C=O) groups excluding carboxylic acids is 2. The van der Waals surface area contributed by atoms with Gasteiger partial charge in [0.2, 0.25) is 11.8 Å². The summed E-state index contributed by atoms with van der Waals surface area (Å²) in [5, 5.41) is 0.651. The van der Waals surface area contributed by atoms with Gasteiger partial charge in [0.05, 0.1) is 42.4 Å². The van der Waals surface area contributed by atoms with Crippen LogP contribution in [0.1, 0.15) is 28.1 Å². The normalized spacial score (nSPS) is 19.8. The third-order valence-corrected chi connectivity index (χ3v) is 13.3. The molecule has 0 saturated carbocycles. The first-order chi connectivity index (χ1) is 28.6. The van der Waals surface area contributed by atoms with Gasteiger partial charge in [0.25, 0.3) is 0 Å². The minimum Gasteiger partial charge on any atom is -0.496 e. The van der Waals surface area contributed by atoms with Gasteiger partial charge in [0.1, 0.15) is 28.5 Å². The van der Waals surface area contributed by atoms with Crippen LogP contribution in [0.2, 0.25) is 0 Å². The number of ether oxygens (including phenoxy) is 4. The maximum atomic E-state index is 14.8. The quantitative estimate of drug-likeness (QED) is 0.116. The molecule has 6 aromatic rings. The topological polar surface area (TPSA) is 116 Å². The lowest BCUT2D eigenvalue weighted by Crippen LogP contribution is -2.61. The Morgan fingerprint density at radius 3 is 1.72 bits per heavy atom. The molecule has 4 aromatic carbocycles. The van der Waals surface area contributed by atoms with Crippen LogP contribution in [-0.4, -0.2) is 70.0 Å². The number of aromatic nitrogens is 2. The van der Waals surface area contributed by atoms with E-state index in [1.165, 1.54) is 62.0 Å². The summed E-state index contributed by atoms with van der Waals surface area (Å²) in [4.78, 5) is 38.6. The van der Waals surface area contributed by atoms with Crippen molar-refractivity contribution < 1.29 is 59.3 Å². The smallest absolute Gasteiger partial charge is 0.496 e. The van der Waals surface area contributed by atoms with Crippen LogP contribution in [0.3, 0.4) is 0 Å². The molecular formula is C41H32F6N4O7S2. The number of pyridine rings is 1. The van der Waals surface area contributed by atoms with Crippen LogP contribution >= 0.6 is 23.5 Å². The van der Waals surface area contributed by atoms with Gasteiger partial charge in [-0.05, 0) is 65.7 Å². The van der Waals surface area contributed by atoms with E-state index in [2.05, 4.69) is 14.5 Å². The fraction of sp³-hybridized carbons (Fsp3) is 0.268. The molecule has 312 valence electrons. The largest absolute Gasteiger partial charge is 0.573 e. The van der Waals surface area contributed by atoms with Gasteiger partial charge < -0.3 is 33.2 Å². The Kier molecular flexibility index (Phi) is 10.5. The number of fused-ring (bicyclic) bond motifs is 2. The number of aryl methyl sites for hydroxylation is 1. The van der Waals surface area contributed by atoms with E-state index in [-0.39, 0.29) is 47.6 Å². The second-order valence-electron chi connectivity index (χ2n) is 13.7. The number of amides is 2. The maximum absolute atomic E-state index is 14.8. The van der Waals surface area contributed by atoms with Crippen molar-refractivity contribution in [3.05, 3.63) is 119 Å². The number of thioether (sulfide) groups is 2. The van der Waals surface area contributed by atoms with Crippen molar-refractivity contribution in [2.45, 2.75) is 42.5 Å². The van der Waals surface area contributed by atoms with Crippen molar-refractivity contribution in [2.75, 3.05) is 25.7 Å².